The Labute approximate surface area is 149 Å². The van der Waals surface area contributed by atoms with Crippen molar-refractivity contribution in [2.45, 2.75) is 6.42 Å². The monoisotopic (exact) mass is 356 g/mol. The van der Waals surface area contributed by atoms with Gasteiger partial charge in [-0.2, -0.15) is 0 Å². The molecule has 2 amide bonds. The minimum atomic E-state index is -1.05. The Kier molecular flexibility index (Phi) is 6.61. The summed E-state index contributed by atoms with van der Waals surface area (Å²) in [5.41, 5.74) is 0.787. The Hall–Kier alpha value is -3.48. The zero-order chi connectivity index (χ0) is 18.9. The van der Waals surface area contributed by atoms with Crippen LogP contribution in [0.2, 0.25) is 0 Å². The van der Waals surface area contributed by atoms with Gasteiger partial charge in [-0.05, 0) is 35.9 Å². The summed E-state index contributed by atoms with van der Waals surface area (Å²) in [5, 5.41) is 13.6. The summed E-state index contributed by atoms with van der Waals surface area (Å²) in [6, 6.07) is 13.7. The summed E-state index contributed by atoms with van der Waals surface area (Å²) >= 11 is 0. The highest BCUT2D eigenvalue weighted by atomic mass is 19.1. The van der Waals surface area contributed by atoms with Crippen LogP contribution in [0.1, 0.15) is 22.3 Å². The molecule has 0 aromatic heterocycles. The van der Waals surface area contributed by atoms with Crippen molar-refractivity contribution < 1.29 is 23.9 Å². The third-order valence-corrected chi connectivity index (χ3v) is 3.33. The van der Waals surface area contributed by atoms with E-state index in [1.54, 1.807) is 30.3 Å². The van der Waals surface area contributed by atoms with Crippen molar-refractivity contribution in [3.8, 4) is 0 Å². The van der Waals surface area contributed by atoms with Crippen LogP contribution in [-0.2, 0) is 9.59 Å². The average Bonchev–Trinajstić information content (AvgIpc) is 2.63. The van der Waals surface area contributed by atoms with E-state index in [-0.39, 0.29) is 18.7 Å². The Balaban J connectivity index is 2.20. The summed E-state index contributed by atoms with van der Waals surface area (Å²) in [6.07, 6.45) is 1.14. The number of carbonyl (C=O) groups excluding carboxylic acids is 2. The minimum Gasteiger partial charge on any atom is -0.481 e. The lowest BCUT2D eigenvalue weighted by atomic mass is 10.1. The predicted octanol–water partition coefficient (Wildman–Crippen LogP) is 2.19. The number of carboxylic acids is 1. The van der Waals surface area contributed by atoms with Gasteiger partial charge < -0.3 is 15.7 Å². The fraction of sp³-hybridized carbons (Fsp3) is 0.105. The van der Waals surface area contributed by atoms with Gasteiger partial charge >= 0.3 is 5.97 Å². The van der Waals surface area contributed by atoms with Crippen molar-refractivity contribution in [1.82, 2.24) is 10.6 Å². The summed E-state index contributed by atoms with van der Waals surface area (Å²) in [7, 11) is 0. The van der Waals surface area contributed by atoms with E-state index in [2.05, 4.69) is 10.6 Å². The quantitative estimate of drug-likeness (QED) is 0.663. The molecule has 0 radical (unpaired) electrons. The van der Waals surface area contributed by atoms with Gasteiger partial charge in [-0.3, -0.25) is 14.4 Å². The van der Waals surface area contributed by atoms with Crippen LogP contribution in [0, 0.1) is 5.82 Å². The number of rotatable bonds is 7. The fourth-order valence-corrected chi connectivity index (χ4v) is 2.05. The molecule has 0 heterocycles. The number of carboxylic acid groups (broad SMARTS) is 1. The molecule has 2 rings (SSSR count). The molecule has 0 aliphatic heterocycles. The van der Waals surface area contributed by atoms with Crippen LogP contribution in [0.15, 0.2) is 60.3 Å². The van der Waals surface area contributed by atoms with Gasteiger partial charge in [-0.15, -0.1) is 0 Å². The highest BCUT2D eigenvalue weighted by molar-refractivity contribution is 6.05. The zero-order valence-corrected chi connectivity index (χ0v) is 13.7. The number of carbonyl (C=O) groups is 3. The lowest BCUT2D eigenvalue weighted by Crippen LogP contribution is -2.35. The molecule has 26 heavy (non-hydrogen) atoms. The molecule has 0 saturated heterocycles. The van der Waals surface area contributed by atoms with Crippen LogP contribution in [0.25, 0.3) is 6.08 Å². The van der Waals surface area contributed by atoms with Crippen molar-refractivity contribution in [3.05, 3.63) is 77.2 Å². The molecule has 0 aliphatic carbocycles. The molecule has 7 heteroatoms. The van der Waals surface area contributed by atoms with Crippen LogP contribution in [0.5, 0.6) is 0 Å². The minimum absolute atomic E-state index is 0.0733. The molecular weight excluding hydrogens is 339 g/mol. The Morgan fingerprint density at radius 2 is 1.65 bits per heavy atom. The molecule has 2 aromatic rings. The maximum absolute atomic E-state index is 13.0. The van der Waals surface area contributed by atoms with E-state index in [0.29, 0.717) is 11.1 Å². The molecule has 0 atom stereocenters. The second-order valence-corrected chi connectivity index (χ2v) is 5.33. The predicted molar refractivity (Wildman–Crippen MR) is 93.5 cm³/mol. The van der Waals surface area contributed by atoms with Crippen molar-refractivity contribution in [2.75, 3.05) is 6.54 Å². The zero-order valence-electron chi connectivity index (χ0n) is 13.7. The van der Waals surface area contributed by atoms with Gasteiger partial charge in [0.25, 0.3) is 11.8 Å². The molecule has 0 aliphatic rings. The second kappa shape index (κ2) is 9.12. The number of nitrogens with one attached hydrogen (secondary N) is 2. The molecule has 0 spiro atoms. The van der Waals surface area contributed by atoms with Crippen LogP contribution >= 0.6 is 0 Å². The van der Waals surface area contributed by atoms with Gasteiger partial charge in [-0.25, -0.2) is 4.39 Å². The molecule has 3 N–H and O–H groups in total. The number of aliphatic carboxylic acids is 1. The Bertz CT molecular complexity index is 817. The lowest BCUT2D eigenvalue weighted by Gasteiger charge is -2.11. The number of halogens is 1. The van der Waals surface area contributed by atoms with Crippen LogP contribution in [-0.4, -0.2) is 29.4 Å². The third-order valence-electron chi connectivity index (χ3n) is 3.33. The van der Waals surface area contributed by atoms with Crippen molar-refractivity contribution in [3.63, 3.8) is 0 Å². The van der Waals surface area contributed by atoms with E-state index in [1.165, 1.54) is 30.3 Å². The molecule has 0 unspecified atom stereocenters. The molecule has 0 fully saturated rings. The molecule has 2 aromatic carbocycles. The summed E-state index contributed by atoms with van der Waals surface area (Å²) in [5.74, 6) is -2.61. The van der Waals surface area contributed by atoms with Crippen molar-refractivity contribution in [1.29, 1.82) is 0 Å². The van der Waals surface area contributed by atoms with Gasteiger partial charge in [0.1, 0.15) is 11.5 Å². The van der Waals surface area contributed by atoms with E-state index in [0.717, 1.165) is 0 Å². The van der Waals surface area contributed by atoms with Crippen LogP contribution < -0.4 is 10.6 Å². The molecular formula is C19H17FN2O4. The van der Waals surface area contributed by atoms with Gasteiger partial charge in [0, 0.05) is 12.1 Å². The average molecular weight is 356 g/mol. The topological polar surface area (TPSA) is 95.5 Å². The normalized spacial score (nSPS) is 10.9. The number of hydrogen-bond acceptors (Lipinski definition) is 3. The van der Waals surface area contributed by atoms with Gasteiger partial charge in [0.15, 0.2) is 0 Å². The molecule has 0 bridgehead atoms. The van der Waals surface area contributed by atoms with E-state index in [1.807, 2.05) is 0 Å². The second-order valence-electron chi connectivity index (χ2n) is 5.33. The molecule has 6 nitrogen and oxygen atoms in total. The first-order valence-corrected chi connectivity index (χ1v) is 7.79. The van der Waals surface area contributed by atoms with Crippen molar-refractivity contribution >= 4 is 23.9 Å². The van der Waals surface area contributed by atoms with Gasteiger partial charge in [0.2, 0.25) is 0 Å². The van der Waals surface area contributed by atoms with Crippen LogP contribution in [0.3, 0.4) is 0 Å². The maximum Gasteiger partial charge on any atom is 0.305 e. The SMILES string of the molecule is O=C(O)CCNC(=O)/C(=C/c1ccc(F)cc1)NC(=O)c1ccccc1. The smallest absolute Gasteiger partial charge is 0.305 e. The summed E-state index contributed by atoms with van der Waals surface area (Å²) in [4.78, 5) is 35.2. The highest BCUT2D eigenvalue weighted by Crippen LogP contribution is 2.09. The standard InChI is InChI=1S/C19H17FN2O4/c20-15-8-6-13(7-9-15)12-16(19(26)21-11-10-17(23)24)22-18(25)14-4-2-1-3-5-14/h1-9,12H,10-11H2,(H,21,26)(H,22,25)(H,23,24)/b16-12-. The number of amides is 2. The van der Waals surface area contributed by atoms with Gasteiger partial charge in [-0.1, -0.05) is 30.3 Å². The van der Waals surface area contributed by atoms with Crippen LogP contribution in [0.4, 0.5) is 4.39 Å². The largest absolute Gasteiger partial charge is 0.481 e. The Morgan fingerprint density at radius 1 is 1.00 bits per heavy atom. The number of hydrogen-bond donors (Lipinski definition) is 3. The van der Waals surface area contributed by atoms with Gasteiger partial charge in [0.05, 0.1) is 6.42 Å². The Morgan fingerprint density at radius 3 is 2.27 bits per heavy atom. The highest BCUT2D eigenvalue weighted by Gasteiger charge is 2.14. The summed E-state index contributed by atoms with van der Waals surface area (Å²) in [6.45, 7) is -0.0872. The van der Waals surface area contributed by atoms with E-state index in [9.17, 15) is 18.8 Å². The molecule has 134 valence electrons. The lowest BCUT2D eigenvalue weighted by molar-refractivity contribution is -0.136. The van der Waals surface area contributed by atoms with E-state index in [4.69, 9.17) is 5.11 Å². The fourth-order valence-electron chi connectivity index (χ4n) is 2.05. The number of benzene rings is 2. The van der Waals surface area contributed by atoms with E-state index < -0.39 is 23.6 Å². The third kappa shape index (κ3) is 5.86. The maximum atomic E-state index is 13.0. The first-order chi connectivity index (χ1) is 12.5. The summed E-state index contributed by atoms with van der Waals surface area (Å²) < 4.78 is 13.0. The first-order valence-electron chi connectivity index (χ1n) is 7.79. The van der Waals surface area contributed by atoms with Crippen molar-refractivity contribution in [2.24, 2.45) is 0 Å². The van der Waals surface area contributed by atoms with E-state index >= 15 is 0 Å². The first kappa shape index (κ1) is 18.9. The molecule has 0 saturated carbocycles.